The van der Waals surface area contributed by atoms with E-state index < -0.39 is 5.97 Å². The van der Waals surface area contributed by atoms with Gasteiger partial charge in [-0.3, -0.25) is 9.78 Å². The summed E-state index contributed by atoms with van der Waals surface area (Å²) in [5, 5.41) is 8.56. The van der Waals surface area contributed by atoms with Crippen LogP contribution in [0.25, 0.3) is 6.08 Å². The van der Waals surface area contributed by atoms with Crippen LogP contribution in [0.5, 0.6) is 0 Å². The Labute approximate surface area is 123 Å². The molecular formula is C15H19N3O3. The molecule has 0 bridgehead atoms. The smallest absolute Gasteiger partial charge is 0.328 e. The number of carboxylic acid groups (broad SMARTS) is 1. The average Bonchev–Trinajstić information content (AvgIpc) is 2.48. The Hall–Kier alpha value is -2.21. The fraction of sp³-hybridized carbons (Fsp3) is 0.400. The molecule has 1 unspecified atom stereocenters. The molecule has 1 aliphatic heterocycles. The maximum Gasteiger partial charge on any atom is 0.328 e. The van der Waals surface area contributed by atoms with Crippen molar-refractivity contribution >= 4 is 18.0 Å². The highest BCUT2D eigenvalue weighted by molar-refractivity contribution is 5.92. The molecule has 1 aliphatic rings. The minimum atomic E-state index is -1.01. The van der Waals surface area contributed by atoms with Crippen LogP contribution in [0.3, 0.4) is 0 Å². The average molecular weight is 289 g/mol. The van der Waals surface area contributed by atoms with E-state index in [0.717, 1.165) is 12.6 Å². The number of pyridine rings is 1. The van der Waals surface area contributed by atoms with E-state index in [9.17, 15) is 9.59 Å². The molecule has 0 saturated carbocycles. The van der Waals surface area contributed by atoms with Gasteiger partial charge >= 0.3 is 5.97 Å². The Morgan fingerprint density at radius 3 is 2.71 bits per heavy atom. The third-order valence-corrected chi connectivity index (χ3v) is 3.67. The summed E-state index contributed by atoms with van der Waals surface area (Å²) in [5.74, 6) is -1.09. The summed E-state index contributed by atoms with van der Waals surface area (Å²) in [6.45, 7) is 4.33. The summed E-state index contributed by atoms with van der Waals surface area (Å²) in [6, 6.07) is 3.66. The zero-order chi connectivity index (χ0) is 15.4. The molecule has 2 heterocycles. The van der Waals surface area contributed by atoms with Gasteiger partial charge in [0.25, 0.3) is 5.91 Å². The third-order valence-electron chi connectivity index (χ3n) is 3.67. The van der Waals surface area contributed by atoms with Crippen molar-refractivity contribution in [1.82, 2.24) is 14.8 Å². The number of piperazine rings is 1. The fourth-order valence-electron chi connectivity index (χ4n) is 2.19. The minimum absolute atomic E-state index is 0.0799. The van der Waals surface area contributed by atoms with E-state index in [-0.39, 0.29) is 5.91 Å². The SMILES string of the molecule is CC1CN(C(=O)c2ccc(C=CC(=O)O)cn2)CCN1C. The normalized spacial score (nSPS) is 19.9. The molecule has 1 amide bonds. The first kappa shape index (κ1) is 15.2. The number of likely N-dealkylation sites (N-methyl/N-ethyl adjacent to an activating group) is 1. The van der Waals surface area contributed by atoms with E-state index in [1.807, 2.05) is 7.05 Å². The van der Waals surface area contributed by atoms with Crippen molar-refractivity contribution in [2.75, 3.05) is 26.7 Å². The molecule has 1 N–H and O–H groups in total. The monoisotopic (exact) mass is 289 g/mol. The molecule has 1 saturated heterocycles. The van der Waals surface area contributed by atoms with Gasteiger partial charge in [0.15, 0.2) is 0 Å². The fourth-order valence-corrected chi connectivity index (χ4v) is 2.19. The summed E-state index contributed by atoms with van der Waals surface area (Å²) < 4.78 is 0. The van der Waals surface area contributed by atoms with Crippen molar-refractivity contribution in [3.05, 3.63) is 35.7 Å². The molecule has 6 heteroatoms. The second-order valence-corrected chi connectivity index (χ2v) is 5.23. The van der Waals surface area contributed by atoms with Crippen molar-refractivity contribution in [2.45, 2.75) is 13.0 Å². The first-order valence-corrected chi connectivity index (χ1v) is 6.84. The Bertz CT molecular complexity index is 554. The van der Waals surface area contributed by atoms with Crippen molar-refractivity contribution in [3.63, 3.8) is 0 Å². The van der Waals surface area contributed by atoms with Crippen LogP contribution < -0.4 is 0 Å². The molecule has 21 heavy (non-hydrogen) atoms. The quantitative estimate of drug-likeness (QED) is 0.839. The van der Waals surface area contributed by atoms with Gasteiger partial charge < -0.3 is 14.9 Å². The molecule has 0 spiro atoms. The van der Waals surface area contributed by atoms with Gasteiger partial charge in [0.05, 0.1) is 0 Å². The van der Waals surface area contributed by atoms with Crippen LogP contribution in [0.4, 0.5) is 0 Å². The molecule has 0 aliphatic carbocycles. The zero-order valence-corrected chi connectivity index (χ0v) is 12.2. The van der Waals surface area contributed by atoms with Crippen LogP contribution in [0.1, 0.15) is 23.0 Å². The van der Waals surface area contributed by atoms with Crippen LogP contribution in [-0.2, 0) is 4.79 Å². The van der Waals surface area contributed by atoms with Crippen molar-refractivity contribution in [1.29, 1.82) is 0 Å². The van der Waals surface area contributed by atoms with E-state index in [1.165, 1.54) is 12.3 Å². The number of hydrogen-bond donors (Lipinski definition) is 1. The van der Waals surface area contributed by atoms with Gasteiger partial charge in [-0.1, -0.05) is 6.07 Å². The van der Waals surface area contributed by atoms with Gasteiger partial charge in [-0.15, -0.1) is 0 Å². The van der Waals surface area contributed by atoms with Crippen LogP contribution in [0.15, 0.2) is 24.4 Å². The molecule has 0 radical (unpaired) electrons. The molecule has 6 nitrogen and oxygen atoms in total. The van der Waals surface area contributed by atoms with Gasteiger partial charge in [0.2, 0.25) is 0 Å². The molecule has 112 valence electrons. The molecule has 1 fully saturated rings. The van der Waals surface area contributed by atoms with Crippen LogP contribution in [-0.4, -0.2) is 64.5 Å². The standard InChI is InChI=1S/C15H19N3O3/c1-11-10-18(8-7-17(11)2)15(21)13-5-3-12(9-16-13)4-6-14(19)20/h3-6,9,11H,7-8,10H2,1-2H3,(H,19,20). The Morgan fingerprint density at radius 2 is 2.14 bits per heavy atom. The number of nitrogens with zero attached hydrogens (tertiary/aromatic N) is 3. The summed E-state index contributed by atoms with van der Waals surface area (Å²) >= 11 is 0. The van der Waals surface area contributed by atoms with Crippen molar-refractivity contribution in [3.8, 4) is 0 Å². The van der Waals surface area contributed by atoms with E-state index in [1.54, 1.807) is 17.0 Å². The maximum absolute atomic E-state index is 12.4. The first-order valence-electron chi connectivity index (χ1n) is 6.84. The number of hydrogen-bond acceptors (Lipinski definition) is 4. The van der Waals surface area contributed by atoms with Gasteiger partial charge in [-0.05, 0) is 31.7 Å². The third kappa shape index (κ3) is 3.88. The van der Waals surface area contributed by atoms with Crippen LogP contribution >= 0.6 is 0 Å². The highest BCUT2D eigenvalue weighted by Gasteiger charge is 2.25. The highest BCUT2D eigenvalue weighted by atomic mass is 16.4. The highest BCUT2D eigenvalue weighted by Crippen LogP contribution is 2.11. The lowest BCUT2D eigenvalue weighted by Crippen LogP contribution is -2.52. The Kier molecular flexibility index (Phi) is 4.70. The second-order valence-electron chi connectivity index (χ2n) is 5.23. The van der Waals surface area contributed by atoms with Crippen LogP contribution in [0.2, 0.25) is 0 Å². The minimum Gasteiger partial charge on any atom is -0.478 e. The molecule has 1 aromatic heterocycles. The van der Waals surface area contributed by atoms with E-state index in [4.69, 9.17) is 5.11 Å². The molecule has 1 aromatic rings. The molecule has 0 aromatic carbocycles. The van der Waals surface area contributed by atoms with Crippen molar-refractivity contribution in [2.24, 2.45) is 0 Å². The summed E-state index contributed by atoms with van der Waals surface area (Å²) in [4.78, 5) is 31.0. The lowest BCUT2D eigenvalue weighted by molar-refractivity contribution is -0.131. The van der Waals surface area contributed by atoms with E-state index >= 15 is 0 Å². The number of carboxylic acids is 1. The maximum atomic E-state index is 12.4. The van der Waals surface area contributed by atoms with Gasteiger partial charge in [0.1, 0.15) is 5.69 Å². The van der Waals surface area contributed by atoms with E-state index in [0.29, 0.717) is 30.4 Å². The molecule has 1 atom stereocenters. The number of aromatic nitrogens is 1. The summed E-state index contributed by atoms with van der Waals surface area (Å²) in [6.07, 6.45) is 3.99. The number of aliphatic carboxylic acids is 1. The van der Waals surface area contributed by atoms with Crippen LogP contribution in [0, 0.1) is 0 Å². The number of amides is 1. The van der Waals surface area contributed by atoms with Gasteiger partial charge in [0, 0.05) is 37.9 Å². The first-order chi connectivity index (χ1) is 9.97. The number of carbonyl (C=O) groups excluding carboxylic acids is 1. The largest absolute Gasteiger partial charge is 0.478 e. The van der Waals surface area contributed by atoms with Gasteiger partial charge in [-0.25, -0.2) is 4.79 Å². The second kappa shape index (κ2) is 6.49. The summed E-state index contributed by atoms with van der Waals surface area (Å²) in [5.41, 5.74) is 1.04. The number of rotatable bonds is 3. The topological polar surface area (TPSA) is 73.7 Å². The Balaban J connectivity index is 2.05. The lowest BCUT2D eigenvalue weighted by atomic mass is 10.2. The summed E-state index contributed by atoms with van der Waals surface area (Å²) in [7, 11) is 2.05. The van der Waals surface area contributed by atoms with Crippen molar-refractivity contribution < 1.29 is 14.7 Å². The number of carbonyl (C=O) groups is 2. The predicted octanol–water partition coefficient (Wildman–Crippen LogP) is 0.956. The Morgan fingerprint density at radius 1 is 1.38 bits per heavy atom. The molecular weight excluding hydrogens is 270 g/mol. The molecule has 2 rings (SSSR count). The van der Waals surface area contributed by atoms with E-state index in [2.05, 4.69) is 16.8 Å². The lowest BCUT2D eigenvalue weighted by Gasteiger charge is -2.37. The van der Waals surface area contributed by atoms with Gasteiger partial charge in [-0.2, -0.15) is 0 Å². The predicted molar refractivity (Wildman–Crippen MR) is 78.9 cm³/mol. The zero-order valence-electron chi connectivity index (χ0n) is 12.2.